The van der Waals surface area contributed by atoms with Gasteiger partial charge in [-0.3, -0.25) is 0 Å². The monoisotopic (exact) mass is 326 g/mol. The van der Waals surface area contributed by atoms with Crippen molar-refractivity contribution in [3.8, 4) is 5.75 Å². The maximum atomic E-state index is 12.3. The summed E-state index contributed by atoms with van der Waals surface area (Å²) in [6.07, 6.45) is 0.911. The Morgan fingerprint density at radius 2 is 2.09 bits per heavy atom. The fourth-order valence-corrected chi connectivity index (χ4v) is 2.95. The Bertz CT molecular complexity index is 845. The second kappa shape index (κ2) is 6.68. The lowest BCUT2D eigenvalue weighted by Crippen LogP contribution is -2.14. The molecule has 2 aromatic heterocycles. The van der Waals surface area contributed by atoms with Crippen molar-refractivity contribution in [3.63, 3.8) is 0 Å². The molecule has 0 saturated carbocycles. The zero-order valence-electron chi connectivity index (χ0n) is 12.1. The van der Waals surface area contributed by atoms with E-state index in [-0.39, 0.29) is 6.42 Å². The Morgan fingerprint density at radius 1 is 1.30 bits per heavy atom. The molecule has 0 bridgehead atoms. The Kier molecular flexibility index (Phi) is 4.45. The van der Waals surface area contributed by atoms with Gasteiger partial charge in [0.25, 0.3) is 0 Å². The number of rotatable bonds is 5. The van der Waals surface area contributed by atoms with Crippen LogP contribution in [0.25, 0.3) is 10.2 Å². The lowest BCUT2D eigenvalue weighted by molar-refractivity contribution is -0.108. The largest absolute Gasteiger partial charge is 0.421 e. The molecular formula is C17H14N2O3S. The summed E-state index contributed by atoms with van der Waals surface area (Å²) < 4.78 is 6.30. The molecule has 0 amide bonds. The van der Waals surface area contributed by atoms with Crippen LogP contribution >= 0.6 is 11.3 Å². The first-order valence-corrected chi connectivity index (χ1v) is 7.91. The first kappa shape index (κ1) is 15.3. The second-order valence-electron chi connectivity index (χ2n) is 4.94. The standard InChI is InChI=1S/C17H14N2O3S/c18-12(6-8-20)14-10-15(16-13(19-14)7-9-23-16)22-17(21)11-4-2-1-3-5-11/h1-5,7-10,12H,6,18H2. The Morgan fingerprint density at radius 3 is 2.83 bits per heavy atom. The SMILES string of the molecule is NC(CC=O)c1cc(OC(=O)c2ccccc2)c2sccc2n1. The summed E-state index contributed by atoms with van der Waals surface area (Å²) in [5.74, 6) is -0.0309. The van der Waals surface area contributed by atoms with E-state index in [4.69, 9.17) is 10.5 Å². The van der Waals surface area contributed by atoms with Crippen LogP contribution in [0, 0.1) is 0 Å². The molecule has 6 heteroatoms. The van der Waals surface area contributed by atoms with Crippen molar-refractivity contribution in [1.82, 2.24) is 4.98 Å². The number of ether oxygens (including phenoxy) is 1. The highest BCUT2D eigenvalue weighted by Crippen LogP contribution is 2.32. The molecule has 3 aromatic rings. The van der Waals surface area contributed by atoms with Crippen LogP contribution in [0.3, 0.4) is 0 Å². The van der Waals surface area contributed by atoms with E-state index in [0.717, 1.165) is 11.0 Å². The van der Waals surface area contributed by atoms with Crippen molar-refractivity contribution in [2.24, 2.45) is 5.73 Å². The number of esters is 1. The van der Waals surface area contributed by atoms with Gasteiger partial charge in [0, 0.05) is 12.5 Å². The summed E-state index contributed by atoms with van der Waals surface area (Å²) in [7, 11) is 0. The smallest absolute Gasteiger partial charge is 0.343 e. The summed E-state index contributed by atoms with van der Waals surface area (Å²) >= 11 is 1.43. The summed E-state index contributed by atoms with van der Waals surface area (Å²) in [5.41, 5.74) is 7.64. The molecule has 0 aliphatic rings. The number of fused-ring (bicyclic) bond motifs is 1. The molecular weight excluding hydrogens is 312 g/mol. The van der Waals surface area contributed by atoms with Gasteiger partial charge in [0.05, 0.1) is 27.5 Å². The number of aromatic nitrogens is 1. The van der Waals surface area contributed by atoms with Crippen LogP contribution < -0.4 is 10.5 Å². The summed E-state index contributed by atoms with van der Waals surface area (Å²) in [6.45, 7) is 0. The van der Waals surface area contributed by atoms with Gasteiger partial charge in [-0.2, -0.15) is 0 Å². The lowest BCUT2D eigenvalue weighted by Gasteiger charge is -2.11. The normalized spacial score (nSPS) is 12.0. The predicted octanol–water partition coefficient (Wildman–Crippen LogP) is 3.10. The van der Waals surface area contributed by atoms with Crippen LogP contribution in [-0.4, -0.2) is 17.2 Å². The Balaban J connectivity index is 1.97. The molecule has 23 heavy (non-hydrogen) atoms. The van der Waals surface area contributed by atoms with Crippen molar-refractivity contribution in [1.29, 1.82) is 0 Å². The van der Waals surface area contributed by atoms with Gasteiger partial charge in [0.1, 0.15) is 6.29 Å². The van der Waals surface area contributed by atoms with Crippen molar-refractivity contribution >= 4 is 33.8 Å². The fourth-order valence-electron chi connectivity index (χ4n) is 2.17. The maximum absolute atomic E-state index is 12.3. The van der Waals surface area contributed by atoms with Gasteiger partial charge >= 0.3 is 5.97 Å². The van der Waals surface area contributed by atoms with E-state index in [1.165, 1.54) is 11.3 Å². The fraction of sp³-hybridized carbons (Fsp3) is 0.118. The van der Waals surface area contributed by atoms with Crippen molar-refractivity contribution < 1.29 is 14.3 Å². The van der Waals surface area contributed by atoms with Crippen LogP contribution in [0.15, 0.2) is 47.8 Å². The molecule has 1 atom stereocenters. The van der Waals surface area contributed by atoms with Crippen LogP contribution in [0.1, 0.15) is 28.5 Å². The number of pyridine rings is 1. The van der Waals surface area contributed by atoms with Gasteiger partial charge in [-0.05, 0) is 23.6 Å². The number of carbonyl (C=O) groups is 2. The number of thiophene rings is 1. The summed E-state index contributed by atoms with van der Waals surface area (Å²) in [6, 6.07) is 11.7. The van der Waals surface area contributed by atoms with Gasteiger partial charge in [-0.25, -0.2) is 9.78 Å². The van der Waals surface area contributed by atoms with Gasteiger partial charge in [0.15, 0.2) is 5.75 Å². The first-order valence-electron chi connectivity index (χ1n) is 7.03. The number of carbonyl (C=O) groups excluding carboxylic acids is 2. The quantitative estimate of drug-likeness (QED) is 0.575. The van der Waals surface area contributed by atoms with E-state index >= 15 is 0 Å². The molecule has 0 spiro atoms. The molecule has 5 nitrogen and oxygen atoms in total. The Hall–Kier alpha value is -2.57. The number of nitrogens with zero attached hydrogens (tertiary/aromatic N) is 1. The van der Waals surface area contributed by atoms with Gasteiger partial charge in [-0.1, -0.05) is 18.2 Å². The molecule has 0 radical (unpaired) electrons. The number of hydrogen-bond donors (Lipinski definition) is 1. The number of aldehydes is 1. The zero-order chi connectivity index (χ0) is 16.2. The highest BCUT2D eigenvalue weighted by Gasteiger charge is 2.16. The third-order valence-corrected chi connectivity index (χ3v) is 4.26. The second-order valence-corrected chi connectivity index (χ2v) is 5.86. The number of benzene rings is 1. The Labute approximate surface area is 136 Å². The molecule has 3 rings (SSSR count). The van der Waals surface area contributed by atoms with E-state index in [1.54, 1.807) is 30.3 Å². The highest BCUT2D eigenvalue weighted by atomic mass is 32.1. The third kappa shape index (κ3) is 3.28. The first-order chi connectivity index (χ1) is 11.2. The van der Waals surface area contributed by atoms with E-state index in [2.05, 4.69) is 4.98 Å². The molecule has 116 valence electrons. The van der Waals surface area contributed by atoms with E-state index in [1.807, 2.05) is 17.5 Å². The average Bonchev–Trinajstić information content (AvgIpc) is 3.04. The van der Waals surface area contributed by atoms with Crippen LogP contribution in [0.5, 0.6) is 5.75 Å². The minimum absolute atomic E-state index is 0.161. The number of nitrogens with two attached hydrogens (primary N) is 1. The topological polar surface area (TPSA) is 82.3 Å². The van der Waals surface area contributed by atoms with Crippen LogP contribution in [-0.2, 0) is 4.79 Å². The lowest BCUT2D eigenvalue weighted by atomic mass is 10.1. The van der Waals surface area contributed by atoms with Crippen molar-refractivity contribution in [2.75, 3.05) is 0 Å². The third-order valence-electron chi connectivity index (χ3n) is 3.34. The van der Waals surface area contributed by atoms with Gasteiger partial charge < -0.3 is 15.3 Å². The molecule has 0 saturated heterocycles. The average molecular weight is 326 g/mol. The minimum Gasteiger partial charge on any atom is -0.421 e. The van der Waals surface area contributed by atoms with E-state index < -0.39 is 12.0 Å². The van der Waals surface area contributed by atoms with Gasteiger partial charge in [0.2, 0.25) is 0 Å². The predicted molar refractivity (Wildman–Crippen MR) is 88.6 cm³/mol. The molecule has 0 fully saturated rings. The minimum atomic E-state index is -0.522. The molecule has 2 N–H and O–H groups in total. The number of hydrogen-bond acceptors (Lipinski definition) is 6. The molecule has 0 aliphatic carbocycles. The van der Waals surface area contributed by atoms with Crippen LogP contribution in [0.4, 0.5) is 0 Å². The van der Waals surface area contributed by atoms with Crippen LogP contribution in [0.2, 0.25) is 0 Å². The summed E-state index contributed by atoms with van der Waals surface area (Å²) in [4.78, 5) is 27.3. The van der Waals surface area contributed by atoms with Crippen molar-refractivity contribution in [3.05, 3.63) is 59.1 Å². The van der Waals surface area contributed by atoms with Crippen molar-refractivity contribution in [2.45, 2.75) is 12.5 Å². The summed E-state index contributed by atoms with van der Waals surface area (Å²) in [5, 5.41) is 1.87. The van der Waals surface area contributed by atoms with E-state index in [0.29, 0.717) is 22.5 Å². The molecule has 0 aliphatic heterocycles. The van der Waals surface area contributed by atoms with Gasteiger partial charge in [-0.15, -0.1) is 11.3 Å². The van der Waals surface area contributed by atoms with E-state index in [9.17, 15) is 9.59 Å². The highest BCUT2D eigenvalue weighted by molar-refractivity contribution is 7.17. The molecule has 1 aromatic carbocycles. The zero-order valence-corrected chi connectivity index (χ0v) is 13.0. The maximum Gasteiger partial charge on any atom is 0.343 e. The molecule has 1 unspecified atom stereocenters. The molecule has 2 heterocycles.